The molecule has 1 unspecified atom stereocenters. The smallest absolute Gasteiger partial charge is 0.133 e. The minimum atomic E-state index is 0.410. The van der Waals surface area contributed by atoms with Crippen molar-refractivity contribution < 1.29 is 0 Å². The van der Waals surface area contributed by atoms with Crippen LogP contribution >= 0.6 is 11.8 Å². The first-order chi connectivity index (χ1) is 7.86. The van der Waals surface area contributed by atoms with Gasteiger partial charge in [-0.05, 0) is 31.2 Å². The average Bonchev–Trinajstić information content (AvgIpc) is 2.66. The van der Waals surface area contributed by atoms with E-state index in [4.69, 9.17) is 0 Å². The molecule has 1 atom stereocenters. The number of anilines is 2. The van der Waals surface area contributed by atoms with Crippen LogP contribution in [0.25, 0.3) is 0 Å². The van der Waals surface area contributed by atoms with Crippen molar-refractivity contribution in [3.8, 4) is 0 Å². The summed E-state index contributed by atoms with van der Waals surface area (Å²) >= 11 is 1.88. The van der Waals surface area contributed by atoms with E-state index in [-0.39, 0.29) is 0 Å². The van der Waals surface area contributed by atoms with Crippen molar-refractivity contribution in [3.63, 3.8) is 0 Å². The van der Waals surface area contributed by atoms with E-state index >= 15 is 0 Å². The van der Waals surface area contributed by atoms with E-state index in [9.17, 15) is 0 Å². The number of hydrogen-bond acceptors (Lipinski definition) is 3. The van der Waals surface area contributed by atoms with Gasteiger partial charge in [0.05, 0.1) is 11.1 Å². The second-order valence-corrected chi connectivity index (χ2v) is 5.10. The molecule has 0 saturated carbocycles. The summed E-state index contributed by atoms with van der Waals surface area (Å²) in [6.07, 6.45) is 1.84. The highest BCUT2D eigenvalue weighted by Gasteiger charge is 2.27. The molecule has 16 heavy (non-hydrogen) atoms. The Morgan fingerprint density at radius 1 is 1.12 bits per heavy atom. The molecular weight excluding hydrogens is 216 g/mol. The molecule has 0 aliphatic carbocycles. The van der Waals surface area contributed by atoms with Gasteiger partial charge in [-0.15, -0.1) is 0 Å². The molecule has 1 aliphatic heterocycles. The molecule has 0 radical (unpaired) electrons. The Bertz CT molecular complexity index is 498. The fourth-order valence-electron chi connectivity index (χ4n) is 1.99. The SMILES string of the molecule is CC1Sc2ccccc2N1c1ccccn1. The van der Waals surface area contributed by atoms with Crippen LogP contribution in [0.15, 0.2) is 53.6 Å². The molecule has 0 amide bonds. The number of benzene rings is 1. The van der Waals surface area contributed by atoms with Crippen LogP contribution in [-0.4, -0.2) is 10.4 Å². The molecule has 0 bridgehead atoms. The standard InChI is InChI=1S/C13H12N2S/c1-10-15(13-8-4-5-9-14-13)11-6-2-3-7-12(11)16-10/h2-10H,1H3. The van der Waals surface area contributed by atoms with Crippen LogP contribution in [-0.2, 0) is 0 Å². The van der Waals surface area contributed by atoms with Crippen LogP contribution in [0.5, 0.6) is 0 Å². The zero-order valence-electron chi connectivity index (χ0n) is 9.00. The van der Waals surface area contributed by atoms with E-state index in [1.54, 1.807) is 0 Å². The number of aromatic nitrogens is 1. The van der Waals surface area contributed by atoms with Gasteiger partial charge < -0.3 is 4.90 Å². The maximum Gasteiger partial charge on any atom is 0.133 e. The first-order valence-corrected chi connectivity index (χ1v) is 6.20. The Hall–Kier alpha value is -1.48. The van der Waals surface area contributed by atoms with Gasteiger partial charge in [0.1, 0.15) is 5.82 Å². The van der Waals surface area contributed by atoms with Crippen LogP contribution < -0.4 is 4.90 Å². The van der Waals surface area contributed by atoms with Gasteiger partial charge in [-0.25, -0.2) is 4.98 Å². The first-order valence-electron chi connectivity index (χ1n) is 5.32. The minimum Gasteiger partial charge on any atom is -0.313 e. The van der Waals surface area contributed by atoms with Crippen molar-refractivity contribution in [3.05, 3.63) is 48.7 Å². The van der Waals surface area contributed by atoms with Gasteiger partial charge in [-0.3, -0.25) is 0 Å². The van der Waals surface area contributed by atoms with E-state index in [2.05, 4.69) is 47.1 Å². The van der Waals surface area contributed by atoms with Gasteiger partial charge in [0.15, 0.2) is 0 Å². The summed E-state index contributed by atoms with van der Waals surface area (Å²) in [7, 11) is 0. The lowest BCUT2D eigenvalue weighted by atomic mass is 10.3. The van der Waals surface area contributed by atoms with E-state index < -0.39 is 0 Å². The van der Waals surface area contributed by atoms with Crippen molar-refractivity contribution in [2.24, 2.45) is 0 Å². The quantitative estimate of drug-likeness (QED) is 0.741. The van der Waals surface area contributed by atoms with Crippen molar-refractivity contribution >= 4 is 23.3 Å². The highest BCUT2D eigenvalue weighted by Crippen LogP contribution is 2.46. The molecule has 0 fully saturated rings. The van der Waals surface area contributed by atoms with Gasteiger partial charge in [-0.2, -0.15) is 0 Å². The van der Waals surface area contributed by atoms with Crippen LogP contribution in [0.1, 0.15) is 6.92 Å². The zero-order chi connectivity index (χ0) is 11.0. The lowest BCUT2D eigenvalue weighted by molar-refractivity contribution is 0.948. The third-order valence-corrected chi connectivity index (χ3v) is 3.83. The molecule has 0 N–H and O–H groups in total. The summed E-state index contributed by atoms with van der Waals surface area (Å²) < 4.78 is 0. The van der Waals surface area contributed by atoms with Crippen LogP contribution in [0, 0.1) is 0 Å². The molecule has 1 aliphatic rings. The first kappa shape index (κ1) is 9.73. The Kier molecular flexibility index (Phi) is 2.33. The third kappa shape index (κ3) is 1.48. The molecule has 0 spiro atoms. The van der Waals surface area contributed by atoms with E-state index in [1.807, 2.05) is 30.1 Å². The summed E-state index contributed by atoms with van der Waals surface area (Å²) in [5, 5.41) is 0.410. The molecule has 2 aromatic rings. The number of rotatable bonds is 1. The predicted octanol–water partition coefficient (Wildman–Crippen LogP) is 3.67. The van der Waals surface area contributed by atoms with Gasteiger partial charge in [-0.1, -0.05) is 30.0 Å². The minimum absolute atomic E-state index is 0.410. The Labute approximate surface area is 99.3 Å². The fraction of sp³-hybridized carbons (Fsp3) is 0.154. The van der Waals surface area contributed by atoms with Crippen molar-refractivity contribution in [2.45, 2.75) is 17.2 Å². The highest BCUT2D eigenvalue weighted by atomic mass is 32.2. The van der Waals surface area contributed by atoms with Gasteiger partial charge >= 0.3 is 0 Å². The lowest BCUT2D eigenvalue weighted by Gasteiger charge is -2.22. The summed E-state index contributed by atoms with van der Waals surface area (Å²) in [5.41, 5.74) is 1.26. The molecular formula is C13H12N2S. The van der Waals surface area contributed by atoms with E-state index in [0.29, 0.717) is 5.37 Å². The molecule has 0 saturated heterocycles. The molecule has 2 nitrogen and oxygen atoms in total. The molecule has 1 aromatic heterocycles. The van der Waals surface area contributed by atoms with Crippen LogP contribution in [0.3, 0.4) is 0 Å². The summed E-state index contributed by atoms with van der Waals surface area (Å²) in [5.74, 6) is 1.02. The summed E-state index contributed by atoms with van der Waals surface area (Å²) in [6, 6.07) is 14.5. The molecule has 1 aromatic carbocycles. The number of hydrogen-bond donors (Lipinski definition) is 0. The molecule has 3 rings (SSSR count). The number of thioether (sulfide) groups is 1. The number of fused-ring (bicyclic) bond motifs is 1. The third-order valence-electron chi connectivity index (χ3n) is 2.68. The Balaban J connectivity index is 2.09. The van der Waals surface area contributed by atoms with Gasteiger partial charge in [0, 0.05) is 11.1 Å². The van der Waals surface area contributed by atoms with Crippen molar-refractivity contribution in [1.82, 2.24) is 4.98 Å². The van der Waals surface area contributed by atoms with Crippen LogP contribution in [0.2, 0.25) is 0 Å². The second kappa shape index (κ2) is 3.83. The van der Waals surface area contributed by atoms with Crippen LogP contribution in [0.4, 0.5) is 11.5 Å². The Morgan fingerprint density at radius 2 is 1.94 bits per heavy atom. The summed E-state index contributed by atoms with van der Waals surface area (Å²) in [6.45, 7) is 2.21. The lowest BCUT2D eigenvalue weighted by Crippen LogP contribution is -2.21. The molecule has 80 valence electrons. The predicted molar refractivity (Wildman–Crippen MR) is 68.1 cm³/mol. The van der Waals surface area contributed by atoms with E-state index in [1.165, 1.54) is 10.6 Å². The zero-order valence-corrected chi connectivity index (χ0v) is 9.82. The average molecular weight is 228 g/mol. The number of nitrogens with zero attached hydrogens (tertiary/aromatic N) is 2. The topological polar surface area (TPSA) is 16.1 Å². The fourth-order valence-corrected chi connectivity index (χ4v) is 3.13. The van der Waals surface area contributed by atoms with E-state index in [0.717, 1.165) is 5.82 Å². The number of pyridine rings is 1. The maximum absolute atomic E-state index is 4.42. The van der Waals surface area contributed by atoms with Gasteiger partial charge in [0.25, 0.3) is 0 Å². The maximum atomic E-state index is 4.42. The monoisotopic (exact) mass is 228 g/mol. The Morgan fingerprint density at radius 3 is 2.75 bits per heavy atom. The largest absolute Gasteiger partial charge is 0.313 e. The van der Waals surface area contributed by atoms with Crippen molar-refractivity contribution in [1.29, 1.82) is 0 Å². The summed E-state index contributed by atoms with van der Waals surface area (Å²) in [4.78, 5) is 8.03. The van der Waals surface area contributed by atoms with Crippen molar-refractivity contribution in [2.75, 3.05) is 4.90 Å². The number of para-hydroxylation sites is 1. The van der Waals surface area contributed by atoms with Gasteiger partial charge in [0.2, 0.25) is 0 Å². The normalized spacial score (nSPS) is 18.6. The molecule has 3 heteroatoms. The highest BCUT2D eigenvalue weighted by molar-refractivity contribution is 8.00. The molecule has 2 heterocycles. The second-order valence-electron chi connectivity index (χ2n) is 3.74.